The zero-order valence-corrected chi connectivity index (χ0v) is 20.4. The van der Waals surface area contributed by atoms with Gasteiger partial charge in [-0.25, -0.2) is 9.07 Å². The number of thiocarbonyl (C=S) groups is 1. The van der Waals surface area contributed by atoms with Gasteiger partial charge in [0.2, 0.25) is 0 Å². The zero-order valence-electron chi connectivity index (χ0n) is 18.7. The van der Waals surface area contributed by atoms with Crippen LogP contribution in [-0.2, 0) is 11.4 Å². The van der Waals surface area contributed by atoms with Gasteiger partial charge in [-0.1, -0.05) is 72.5 Å². The number of rotatable bonds is 6. The van der Waals surface area contributed by atoms with E-state index >= 15 is 0 Å². The number of ether oxygens (including phenoxy) is 1. The van der Waals surface area contributed by atoms with E-state index in [1.54, 1.807) is 29.9 Å². The molecule has 1 saturated heterocycles. The molecule has 2 heterocycles. The van der Waals surface area contributed by atoms with Crippen LogP contribution in [0.1, 0.15) is 11.1 Å². The highest BCUT2D eigenvalue weighted by Gasteiger charge is 2.29. The minimum atomic E-state index is -0.305. The van der Waals surface area contributed by atoms with E-state index in [9.17, 15) is 9.18 Å². The molecule has 0 unspecified atom stereocenters. The van der Waals surface area contributed by atoms with Crippen LogP contribution in [0.3, 0.4) is 0 Å². The first-order valence-electron chi connectivity index (χ1n) is 10.8. The van der Waals surface area contributed by atoms with Crippen molar-refractivity contribution < 1.29 is 13.9 Å². The Morgan fingerprint density at radius 3 is 2.57 bits per heavy atom. The number of carbonyl (C=O) groups excluding carboxylic acids is 1. The molecule has 0 aliphatic carbocycles. The molecule has 174 valence electrons. The summed E-state index contributed by atoms with van der Waals surface area (Å²) in [7, 11) is 1.67. The Morgan fingerprint density at radius 2 is 1.83 bits per heavy atom. The first kappa shape index (κ1) is 23.0. The third-order valence-electron chi connectivity index (χ3n) is 5.50. The molecule has 0 N–H and O–H groups in total. The van der Waals surface area contributed by atoms with Crippen LogP contribution in [0.4, 0.5) is 4.39 Å². The van der Waals surface area contributed by atoms with Gasteiger partial charge < -0.3 is 4.74 Å². The molecule has 1 fully saturated rings. The highest BCUT2D eigenvalue weighted by Crippen LogP contribution is 2.34. The summed E-state index contributed by atoms with van der Waals surface area (Å²) in [5, 5.41) is 4.82. The first-order chi connectivity index (χ1) is 17.0. The molecule has 0 atom stereocenters. The zero-order chi connectivity index (χ0) is 24.4. The fourth-order valence-corrected chi connectivity index (χ4v) is 4.80. The van der Waals surface area contributed by atoms with Gasteiger partial charge in [-0.3, -0.25) is 9.69 Å². The Morgan fingerprint density at radius 1 is 1.06 bits per heavy atom. The van der Waals surface area contributed by atoms with Crippen molar-refractivity contribution >= 4 is 40.3 Å². The molecule has 0 bridgehead atoms. The molecule has 0 saturated carbocycles. The normalized spacial score (nSPS) is 14.7. The van der Waals surface area contributed by atoms with Gasteiger partial charge in [0.1, 0.15) is 28.2 Å². The van der Waals surface area contributed by atoms with Gasteiger partial charge in [-0.2, -0.15) is 5.10 Å². The second kappa shape index (κ2) is 9.85. The molecular weight excluding hydrogens is 481 g/mol. The summed E-state index contributed by atoms with van der Waals surface area (Å²) in [6.45, 7) is 0.112. The molecule has 1 amide bonds. The van der Waals surface area contributed by atoms with E-state index in [0.29, 0.717) is 26.2 Å². The molecule has 35 heavy (non-hydrogen) atoms. The predicted molar refractivity (Wildman–Crippen MR) is 141 cm³/mol. The van der Waals surface area contributed by atoms with Crippen LogP contribution in [0, 0.1) is 5.82 Å². The molecule has 1 aliphatic heterocycles. The van der Waals surface area contributed by atoms with Crippen molar-refractivity contribution in [1.82, 2.24) is 14.7 Å². The van der Waals surface area contributed by atoms with E-state index < -0.39 is 0 Å². The Hall–Kier alpha value is -3.75. The highest BCUT2D eigenvalue weighted by molar-refractivity contribution is 8.26. The summed E-state index contributed by atoms with van der Waals surface area (Å²) in [6.07, 6.45) is 3.71. The number of amides is 1. The summed E-state index contributed by atoms with van der Waals surface area (Å²) < 4.78 is 22.2. The average molecular weight is 502 g/mol. The van der Waals surface area contributed by atoms with E-state index in [1.807, 2.05) is 66.9 Å². The molecule has 5 rings (SSSR count). The monoisotopic (exact) mass is 501 g/mol. The highest BCUT2D eigenvalue weighted by atomic mass is 32.2. The van der Waals surface area contributed by atoms with Crippen molar-refractivity contribution in [2.45, 2.75) is 6.61 Å². The van der Waals surface area contributed by atoms with Crippen molar-refractivity contribution in [2.75, 3.05) is 7.05 Å². The summed E-state index contributed by atoms with van der Waals surface area (Å²) in [6, 6.07) is 23.7. The lowest BCUT2D eigenvalue weighted by Crippen LogP contribution is -2.22. The Bertz CT molecular complexity index is 1450. The van der Waals surface area contributed by atoms with Crippen molar-refractivity contribution in [1.29, 1.82) is 0 Å². The number of nitrogens with zero attached hydrogens (tertiary/aromatic N) is 3. The maximum atomic E-state index is 14.0. The van der Waals surface area contributed by atoms with Crippen molar-refractivity contribution in [2.24, 2.45) is 0 Å². The van der Waals surface area contributed by atoms with Gasteiger partial charge >= 0.3 is 0 Å². The fourth-order valence-electron chi connectivity index (χ4n) is 3.63. The van der Waals surface area contributed by atoms with Crippen molar-refractivity contribution in [3.05, 3.63) is 107 Å². The predicted octanol–water partition coefficient (Wildman–Crippen LogP) is 6.09. The van der Waals surface area contributed by atoms with Gasteiger partial charge in [0.15, 0.2) is 0 Å². The van der Waals surface area contributed by atoms with Crippen molar-refractivity contribution in [3.8, 4) is 22.7 Å². The number of thioether (sulfide) groups is 1. The standard InChI is InChI=1S/C27H20FN3O2S2/c1-30-26(32)24(35-27(30)34)15-20-16-31(21-10-3-2-4-11-21)29-25(20)18-9-7-12-22(14-18)33-17-19-8-5-6-13-23(19)28/h2-16H,17H2,1H3/b24-15+. The summed E-state index contributed by atoms with van der Waals surface area (Å²) >= 11 is 6.55. The Labute approximate surface area is 211 Å². The largest absolute Gasteiger partial charge is 0.489 e. The third kappa shape index (κ3) is 4.89. The third-order valence-corrected chi connectivity index (χ3v) is 6.98. The Kier molecular flexibility index (Phi) is 6.48. The summed E-state index contributed by atoms with van der Waals surface area (Å²) in [5.74, 6) is 0.145. The lowest BCUT2D eigenvalue weighted by molar-refractivity contribution is -0.121. The maximum Gasteiger partial charge on any atom is 0.265 e. The van der Waals surface area contributed by atoms with Crippen LogP contribution < -0.4 is 4.74 Å². The topological polar surface area (TPSA) is 47.4 Å². The molecule has 4 aromatic rings. The number of hydrogen-bond acceptors (Lipinski definition) is 5. The maximum absolute atomic E-state index is 14.0. The van der Waals surface area contributed by atoms with E-state index in [1.165, 1.54) is 22.7 Å². The SMILES string of the molecule is CN1C(=O)/C(=C\c2cn(-c3ccccc3)nc2-c2cccc(OCc3ccccc3F)c2)SC1=S. The van der Waals surface area contributed by atoms with Gasteiger partial charge in [-0.05, 0) is 36.4 Å². The summed E-state index contributed by atoms with van der Waals surface area (Å²) in [5.41, 5.74) is 3.64. The molecule has 3 aromatic carbocycles. The number of carbonyl (C=O) groups is 1. The van der Waals surface area contributed by atoms with Gasteiger partial charge in [-0.15, -0.1) is 0 Å². The molecule has 5 nitrogen and oxygen atoms in total. The fraction of sp³-hybridized carbons (Fsp3) is 0.0741. The molecular formula is C27H20FN3O2S2. The lowest BCUT2D eigenvalue weighted by atomic mass is 10.1. The molecule has 0 spiro atoms. The van der Waals surface area contributed by atoms with E-state index in [4.69, 9.17) is 22.1 Å². The van der Waals surface area contributed by atoms with Crippen LogP contribution in [0.2, 0.25) is 0 Å². The first-order valence-corrected chi connectivity index (χ1v) is 12.1. The molecule has 1 aliphatic rings. The second-order valence-electron chi connectivity index (χ2n) is 7.86. The van der Waals surface area contributed by atoms with Gasteiger partial charge in [0.05, 0.1) is 10.6 Å². The number of hydrogen-bond donors (Lipinski definition) is 0. The quantitative estimate of drug-likeness (QED) is 0.236. The van der Waals surface area contributed by atoms with Gasteiger partial charge in [0.25, 0.3) is 5.91 Å². The van der Waals surface area contributed by atoms with Crippen LogP contribution in [0.15, 0.2) is 90.0 Å². The summed E-state index contributed by atoms with van der Waals surface area (Å²) in [4.78, 5) is 14.6. The van der Waals surface area contributed by atoms with Crippen LogP contribution in [-0.4, -0.2) is 32.0 Å². The number of aromatic nitrogens is 2. The van der Waals surface area contributed by atoms with Crippen LogP contribution >= 0.6 is 24.0 Å². The second-order valence-corrected chi connectivity index (χ2v) is 9.54. The number of benzene rings is 3. The molecule has 8 heteroatoms. The minimum Gasteiger partial charge on any atom is -0.489 e. The van der Waals surface area contributed by atoms with E-state index in [2.05, 4.69) is 0 Å². The van der Waals surface area contributed by atoms with E-state index in [-0.39, 0.29) is 18.3 Å². The number of halogens is 1. The Balaban J connectivity index is 1.52. The van der Waals surface area contributed by atoms with Gasteiger partial charge in [0, 0.05) is 29.9 Å². The number of likely N-dealkylation sites (N-methyl/N-ethyl adjacent to an activating group) is 1. The lowest BCUT2D eigenvalue weighted by Gasteiger charge is -2.09. The van der Waals surface area contributed by atoms with Crippen LogP contribution in [0.5, 0.6) is 5.75 Å². The van der Waals surface area contributed by atoms with Crippen LogP contribution in [0.25, 0.3) is 23.0 Å². The average Bonchev–Trinajstić information content (AvgIpc) is 3.41. The molecule has 1 aromatic heterocycles. The minimum absolute atomic E-state index is 0.112. The van der Waals surface area contributed by atoms with E-state index in [0.717, 1.165) is 16.8 Å². The molecule has 0 radical (unpaired) electrons. The van der Waals surface area contributed by atoms with Crippen molar-refractivity contribution in [3.63, 3.8) is 0 Å². The smallest absolute Gasteiger partial charge is 0.265 e. The number of para-hydroxylation sites is 1.